The Bertz CT molecular complexity index is 1680. The minimum Gasteiger partial charge on any atom is -0.360 e. The highest BCUT2D eigenvalue weighted by molar-refractivity contribution is 9.11. The van der Waals surface area contributed by atoms with Gasteiger partial charge >= 0.3 is 0 Å². The van der Waals surface area contributed by atoms with Gasteiger partial charge in [0, 0.05) is 26.1 Å². The first-order valence-electron chi connectivity index (χ1n) is 15.2. The highest BCUT2D eigenvalue weighted by Gasteiger charge is 2.15. The summed E-state index contributed by atoms with van der Waals surface area (Å²) in [7, 11) is 0. The number of anilines is 1. The van der Waals surface area contributed by atoms with E-state index in [0.717, 1.165) is 31.4 Å². The van der Waals surface area contributed by atoms with Gasteiger partial charge in [0.25, 0.3) is 0 Å². The van der Waals surface area contributed by atoms with Gasteiger partial charge < -0.3 is 16.4 Å². The summed E-state index contributed by atoms with van der Waals surface area (Å²) in [5.74, 6) is 0. The second-order valence-electron chi connectivity index (χ2n) is 12.0. The summed E-state index contributed by atoms with van der Waals surface area (Å²) in [5.41, 5.74) is 19.3. The van der Waals surface area contributed by atoms with Crippen LogP contribution in [0.5, 0.6) is 0 Å². The number of thiocarbonyl (C=S) groups is 2. The maximum atomic E-state index is 5.42. The number of halogens is 2. The van der Waals surface area contributed by atoms with Crippen LogP contribution in [-0.4, -0.2) is 22.4 Å². The largest absolute Gasteiger partial charge is 0.360 e. The zero-order chi connectivity index (χ0) is 34.7. The summed E-state index contributed by atoms with van der Waals surface area (Å²) in [6.45, 7) is 20.8. The Morgan fingerprint density at radius 3 is 1.59 bits per heavy atom. The average molecular weight is 783 g/mol. The SMILES string of the molecule is CC(C)N.Cc1cc(C)c(-c2cccc(Br)c2N=C=S)c(C)c1.Cc1cc(C)c(-c2cccc(Br)c2NC(=S)NC(C)C)c(C)c1. The third-order valence-electron chi connectivity index (χ3n) is 6.71. The van der Waals surface area contributed by atoms with Gasteiger partial charge in [0.2, 0.25) is 0 Å². The Morgan fingerprint density at radius 2 is 1.15 bits per heavy atom. The maximum Gasteiger partial charge on any atom is 0.171 e. The van der Waals surface area contributed by atoms with Crippen molar-refractivity contribution in [2.75, 3.05) is 5.32 Å². The third kappa shape index (κ3) is 11.5. The Labute approximate surface area is 304 Å². The van der Waals surface area contributed by atoms with Crippen molar-refractivity contribution in [3.63, 3.8) is 0 Å². The second-order valence-corrected chi connectivity index (χ2v) is 14.3. The summed E-state index contributed by atoms with van der Waals surface area (Å²) >= 11 is 17.4. The van der Waals surface area contributed by atoms with Crippen LogP contribution in [0.2, 0.25) is 0 Å². The van der Waals surface area contributed by atoms with Crippen LogP contribution in [0.1, 0.15) is 61.1 Å². The molecule has 0 heterocycles. The lowest BCUT2D eigenvalue weighted by atomic mass is 9.93. The van der Waals surface area contributed by atoms with Crippen molar-refractivity contribution >= 4 is 77.9 Å². The van der Waals surface area contributed by atoms with Gasteiger partial charge in [0.15, 0.2) is 5.11 Å². The molecule has 0 bridgehead atoms. The standard InChI is InChI=1S/C19H23BrN2S.C16H14BrNS.C3H9N/c1-11(2)21-19(23)22-18-15(7-6-8-16(18)20)17-13(4)9-12(3)10-14(17)5;1-10-7-11(2)15(12(3)8-10)13-5-4-6-14(17)16(13)18-9-19;1-3(2)4/h6-11H,1-5H3,(H2,21,22,23);4-8H,1-3H3;3H,4H2,1-2H3. The van der Waals surface area contributed by atoms with Gasteiger partial charge in [-0.25, -0.2) is 0 Å². The van der Waals surface area contributed by atoms with E-state index in [0.29, 0.717) is 17.2 Å². The van der Waals surface area contributed by atoms with Gasteiger partial charge in [0.05, 0.1) is 16.5 Å². The van der Waals surface area contributed by atoms with Crippen molar-refractivity contribution in [3.8, 4) is 22.3 Å². The summed E-state index contributed by atoms with van der Waals surface area (Å²) in [4.78, 5) is 4.21. The fraction of sp³-hybridized carbons (Fsp3) is 0.316. The van der Waals surface area contributed by atoms with Crippen molar-refractivity contribution in [1.29, 1.82) is 0 Å². The molecule has 0 spiro atoms. The molecule has 4 rings (SSSR count). The molecule has 4 N–H and O–H groups in total. The number of nitrogens with one attached hydrogen (secondary N) is 2. The number of isothiocyanates is 1. The number of aliphatic imine (C=N–C) groups is 1. The smallest absolute Gasteiger partial charge is 0.171 e. The van der Waals surface area contributed by atoms with Crippen LogP contribution in [0.3, 0.4) is 0 Å². The molecule has 244 valence electrons. The molecule has 0 unspecified atom stereocenters. The Morgan fingerprint density at radius 1 is 0.739 bits per heavy atom. The lowest BCUT2D eigenvalue weighted by Crippen LogP contribution is -2.34. The number of nitrogens with zero attached hydrogens (tertiary/aromatic N) is 1. The highest BCUT2D eigenvalue weighted by Crippen LogP contribution is 2.40. The Balaban J connectivity index is 0.000000291. The van der Waals surface area contributed by atoms with Crippen molar-refractivity contribution in [1.82, 2.24) is 5.32 Å². The van der Waals surface area contributed by atoms with Crippen molar-refractivity contribution in [2.45, 2.75) is 81.3 Å². The number of para-hydroxylation sites is 2. The number of benzene rings is 4. The topological polar surface area (TPSA) is 62.4 Å². The molecular weight excluding hydrogens is 736 g/mol. The first-order valence-corrected chi connectivity index (χ1v) is 17.6. The molecule has 4 aromatic carbocycles. The van der Waals surface area contributed by atoms with Gasteiger partial charge in [-0.1, -0.05) is 73.5 Å². The number of rotatable bonds is 5. The van der Waals surface area contributed by atoms with Gasteiger partial charge in [-0.3, -0.25) is 0 Å². The molecular formula is C38H46Br2N4S2. The molecule has 0 fully saturated rings. The number of nitrogens with two attached hydrogens (primary N) is 1. The zero-order valence-electron chi connectivity index (χ0n) is 28.5. The van der Waals surface area contributed by atoms with E-state index in [1.54, 1.807) is 0 Å². The maximum absolute atomic E-state index is 5.42. The van der Waals surface area contributed by atoms with Crippen LogP contribution in [0.4, 0.5) is 11.4 Å². The van der Waals surface area contributed by atoms with E-state index in [9.17, 15) is 0 Å². The van der Waals surface area contributed by atoms with E-state index in [2.05, 4.69) is 151 Å². The lowest BCUT2D eigenvalue weighted by Gasteiger charge is -2.20. The summed E-state index contributed by atoms with van der Waals surface area (Å²) in [6, 6.07) is 21.7. The minimum atomic E-state index is 0.295. The summed E-state index contributed by atoms with van der Waals surface area (Å²) < 4.78 is 1.93. The van der Waals surface area contributed by atoms with Crippen molar-refractivity contribution in [3.05, 3.63) is 103 Å². The van der Waals surface area contributed by atoms with E-state index in [4.69, 9.17) is 30.2 Å². The molecule has 0 radical (unpaired) electrons. The van der Waals surface area contributed by atoms with Crippen LogP contribution < -0.4 is 16.4 Å². The van der Waals surface area contributed by atoms with Gasteiger partial charge in [0.1, 0.15) is 0 Å². The predicted molar refractivity (Wildman–Crippen MR) is 216 cm³/mol. The fourth-order valence-corrected chi connectivity index (χ4v) is 6.71. The molecule has 0 saturated heterocycles. The van der Waals surface area contributed by atoms with E-state index >= 15 is 0 Å². The molecule has 0 aliphatic heterocycles. The van der Waals surface area contributed by atoms with E-state index < -0.39 is 0 Å². The first-order chi connectivity index (χ1) is 21.6. The summed E-state index contributed by atoms with van der Waals surface area (Å²) in [6.07, 6.45) is 0. The summed E-state index contributed by atoms with van der Waals surface area (Å²) in [5, 5.41) is 9.68. The normalized spacial score (nSPS) is 10.3. The quantitative estimate of drug-likeness (QED) is 0.139. The molecule has 0 aliphatic carbocycles. The van der Waals surface area contributed by atoms with Gasteiger partial charge in [-0.05, 0) is 163 Å². The molecule has 0 saturated carbocycles. The van der Waals surface area contributed by atoms with Crippen LogP contribution in [0.25, 0.3) is 22.3 Å². The third-order valence-corrected chi connectivity index (χ3v) is 8.32. The Kier molecular flexibility index (Phi) is 15.9. The number of aryl methyl sites for hydroxylation is 6. The highest BCUT2D eigenvalue weighted by atomic mass is 79.9. The van der Waals surface area contributed by atoms with E-state index in [1.165, 1.54) is 44.5 Å². The van der Waals surface area contributed by atoms with Crippen LogP contribution >= 0.6 is 56.3 Å². The van der Waals surface area contributed by atoms with Crippen molar-refractivity contribution in [2.24, 2.45) is 10.7 Å². The Hall–Kier alpha value is -2.71. The van der Waals surface area contributed by atoms with Crippen LogP contribution in [0.15, 0.2) is 74.6 Å². The van der Waals surface area contributed by atoms with E-state index in [1.807, 2.05) is 32.0 Å². The van der Waals surface area contributed by atoms with Gasteiger partial charge in [-0.2, -0.15) is 4.99 Å². The molecule has 8 heteroatoms. The molecule has 4 aromatic rings. The van der Waals surface area contributed by atoms with E-state index in [-0.39, 0.29) is 0 Å². The lowest BCUT2D eigenvalue weighted by molar-refractivity contribution is 0.739. The monoisotopic (exact) mass is 780 g/mol. The first kappa shape index (κ1) is 39.5. The zero-order valence-corrected chi connectivity index (χ0v) is 33.3. The molecule has 4 nitrogen and oxygen atoms in total. The van der Waals surface area contributed by atoms with Crippen LogP contribution in [0, 0.1) is 41.5 Å². The van der Waals surface area contributed by atoms with Crippen LogP contribution in [-0.2, 0) is 0 Å². The molecule has 0 amide bonds. The number of hydrogen-bond donors (Lipinski definition) is 3. The van der Waals surface area contributed by atoms with Gasteiger partial charge in [-0.15, -0.1) is 0 Å². The van der Waals surface area contributed by atoms with Crippen molar-refractivity contribution < 1.29 is 0 Å². The minimum absolute atomic E-state index is 0.295. The molecule has 0 aliphatic rings. The molecule has 46 heavy (non-hydrogen) atoms. The fourth-order valence-electron chi connectivity index (χ4n) is 5.36. The molecule has 0 aromatic heterocycles. The predicted octanol–water partition coefficient (Wildman–Crippen LogP) is 11.9. The second kappa shape index (κ2) is 18.6. The average Bonchev–Trinajstić information content (AvgIpc) is 2.91. The number of hydrogen-bond acceptors (Lipinski definition) is 4. The molecule has 0 atom stereocenters.